The van der Waals surface area contributed by atoms with Crippen LogP contribution in [-0.4, -0.2) is 113 Å². The number of nitrogens with zero attached hydrogens (tertiary/aromatic N) is 7. The Morgan fingerprint density at radius 3 is 0.909 bits per heavy atom. The smallest absolute Gasteiger partial charge is 0.269 e. The van der Waals surface area contributed by atoms with Crippen molar-refractivity contribution >= 4 is 15.4 Å². The molecule has 0 aromatic rings. The molecule has 0 amide bonds. The molecule has 0 radical (unpaired) electrons. The fraction of sp³-hybridized carbons (Fsp3) is 1.00. The van der Waals surface area contributed by atoms with Gasteiger partial charge in [-0.05, 0) is 0 Å². The van der Waals surface area contributed by atoms with Crippen LogP contribution in [0.4, 0.5) is 4.70 Å². The first-order valence-corrected chi connectivity index (χ1v) is 10.4. The first-order valence-electron chi connectivity index (χ1n) is 7.06. The average molecular weight is 361 g/mol. The number of hydrogen-bond acceptors (Lipinski definition) is 4. The molecule has 22 heavy (non-hydrogen) atoms. The van der Waals surface area contributed by atoms with Crippen molar-refractivity contribution in [3.8, 4) is 0 Å². The van der Waals surface area contributed by atoms with Crippen molar-refractivity contribution in [2.45, 2.75) is 0 Å². The van der Waals surface area contributed by atoms with Crippen LogP contribution in [0.2, 0.25) is 0 Å². The molecular formula is C12H38FN7P2. The van der Waals surface area contributed by atoms with Crippen LogP contribution in [0.3, 0.4) is 0 Å². The maximum atomic E-state index is 5.54. The van der Waals surface area contributed by atoms with Crippen molar-refractivity contribution in [1.29, 1.82) is 0 Å². The van der Waals surface area contributed by atoms with Gasteiger partial charge in [0.25, 0.3) is 0 Å². The van der Waals surface area contributed by atoms with Crippen LogP contribution >= 0.6 is 15.4 Å². The summed E-state index contributed by atoms with van der Waals surface area (Å²) in [7, 11) is 21.3. The summed E-state index contributed by atoms with van der Waals surface area (Å²) in [6.45, 7) is 0. The molecule has 0 heterocycles. The van der Waals surface area contributed by atoms with Gasteiger partial charge in [-0.25, -0.2) is 0 Å². The third kappa shape index (κ3) is 4.25. The van der Waals surface area contributed by atoms with Crippen LogP contribution in [0.5, 0.6) is 0 Å². The van der Waals surface area contributed by atoms with Gasteiger partial charge in [-0.2, -0.15) is 0 Å². The van der Waals surface area contributed by atoms with E-state index in [-0.39, 0.29) is 4.70 Å². The van der Waals surface area contributed by atoms with E-state index in [4.69, 9.17) is 4.52 Å². The molecule has 0 bridgehead atoms. The molecule has 10 heteroatoms. The molecule has 7 nitrogen and oxygen atoms in total. The molecule has 0 rings (SSSR count). The summed E-state index contributed by atoms with van der Waals surface area (Å²) in [4.78, 5) is 0. The fourth-order valence-electron chi connectivity index (χ4n) is 2.99. The van der Waals surface area contributed by atoms with Gasteiger partial charge in [-0.1, -0.05) is 0 Å². The number of hydrogen-bond donors (Lipinski definition) is 0. The zero-order valence-corrected chi connectivity index (χ0v) is 18.4. The summed E-state index contributed by atoms with van der Waals surface area (Å²) in [5.74, 6) is 0. The van der Waals surface area contributed by atoms with Crippen LogP contribution < -0.4 is 0 Å². The molecule has 0 aromatic heterocycles. The Morgan fingerprint density at radius 1 is 0.545 bits per heavy atom. The van der Waals surface area contributed by atoms with E-state index in [9.17, 15) is 0 Å². The molecule has 138 valence electrons. The molecule has 0 aliphatic heterocycles. The van der Waals surface area contributed by atoms with Crippen LogP contribution in [0, 0.1) is 0 Å². The molecule has 0 aliphatic carbocycles. The Kier molecular flexibility index (Phi) is 10.1. The topological polar surface area (TPSA) is 31.8 Å². The Bertz CT molecular complexity index is 333. The second kappa shape index (κ2) is 9.00. The maximum absolute atomic E-state index is 5.54. The molecule has 0 saturated carbocycles. The van der Waals surface area contributed by atoms with Gasteiger partial charge in [0.1, 0.15) is 0 Å². The Morgan fingerprint density at radius 2 is 0.773 bits per heavy atom. The van der Waals surface area contributed by atoms with Crippen molar-refractivity contribution in [3.05, 3.63) is 0 Å². The van der Waals surface area contributed by atoms with Crippen molar-refractivity contribution in [3.63, 3.8) is 0 Å². The van der Waals surface area contributed by atoms with Gasteiger partial charge in [0, 0.05) is 0 Å². The van der Waals surface area contributed by atoms with Crippen molar-refractivity contribution in [1.82, 2.24) is 28.0 Å². The SMILES string of the molecule is CN(C)P(=N[PH](N(C)C)(N(C)C)N(C)C)(N(C)C)N(C)C.F. The van der Waals surface area contributed by atoms with Crippen LogP contribution in [0.15, 0.2) is 4.52 Å². The largest absolute Gasteiger partial charge is 0.269 e. The molecule has 0 N–H and O–H groups in total. The van der Waals surface area contributed by atoms with Crippen molar-refractivity contribution < 1.29 is 4.70 Å². The summed E-state index contributed by atoms with van der Waals surface area (Å²) in [6, 6.07) is 0. The first kappa shape index (κ1) is 24.6. The summed E-state index contributed by atoms with van der Waals surface area (Å²) in [5, 5.41) is 0. The summed E-state index contributed by atoms with van der Waals surface area (Å²) >= 11 is 0. The van der Waals surface area contributed by atoms with E-state index in [2.05, 4.69) is 113 Å². The maximum Gasteiger partial charge on any atom is -0.269 e. The van der Waals surface area contributed by atoms with E-state index in [0.29, 0.717) is 0 Å². The number of rotatable bonds is 7. The van der Waals surface area contributed by atoms with Gasteiger partial charge in [0.15, 0.2) is 0 Å². The third-order valence-corrected chi connectivity index (χ3v) is 12.6. The van der Waals surface area contributed by atoms with E-state index in [1.807, 2.05) is 0 Å². The van der Waals surface area contributed by atoms with E-state index < -0.39 is 15.4 Å². The fourth-order valence-corrected chi connectivity index (χ4v) is 13.3. The predicted octanol–water partition coefficient (Wildman–Crippen LogP) is 1.86. The van der Waals surface area contributed by atoms with Gasteiger partial charge in [-0.15, -0.1) is 0 Å². The zero-order valence-electron chi connectivity index (χ0n) is 16.5. The van der Waals surface area contributed by atoms with Crippen molar-refractivity contribution in [2.75, 3.05) is 84.6 Å². The Hall–Kier alpha value is 0.350. The molecule has 0 aliphatic rings. The predicted molar refractivity (Wildman–Crippen MR) is 102 cm³/mol. The van der Waals surface area contributed by atoms with Crippen LogP contribution in [-0.2, 0) is 0 Å². The van der Waals surface area contributed by atoms with Crippen LogP contribution in [0.25, 0.3) is 0 Å². The Balaban J connectivity index is 0. The molecule has 0 aromatic carbocycles. The van der Waals surface area contributed by atoms with E-state index in [1.54, 1.807) is 0 Å². The van der Waals surface area contributed by atoms with Gasteiger partial charge in [-0.3, -0.25) is 4.70 Å². The van der Waals surface area contributed by atoms with E-state index in [1.165, 1.54) is 0 Å². The molecule has 0 unspecified atom stereocenters. The second-order valence-corrected chi connectivity index (χ2v) is 14.6. The number of halogens is 1. The molecule has 0 atom stereocenters. The van der Waals surface area contributed by atoms with Crippen LogP contribution in [0.1, 0.15) is 0 Å². The minimum atomic E-state index is -2.30. The zero-order chi connectivity index (χ0) is 17.2. The molecule has 0 fully saturated rings. The summed E-state index contributed by atoms with van der Waals surface area (Å²) in [6.07, 6.45) is 0. The normalized spacial score (nSPS) is 14.5. The first-order chi connectivity index (χ1) is 9.37. The van der Waals surface area contributed by atoms with Crippen molar-refractivity contribution in [2.24, 2.45) is 4.52 Å². The monoisotopic (exact) mass is 361 g/mol. The van der Waals surface area contributed by atoms with Gasteiger partial charge < -0.3 is 0 Å². The standard InChI is InChI=1S/C12H37N7P2.FH/c1-14(2)20(15(3)4,16(5)6)13-21(17(7)8,18(9)10)19(11)12;/h20H,1-12H3;1H. The second-order valence-electron chi connectivity index (χ2n) is 6.46. The average Bonchev–Trinajstić information content (AvgIpc) is 2.26. The minimum Gasteiger partial charge on any atom is -0.269 e. The quantitative estimate of drug-likeness (QED) is 0.644. The summed E-state index contributed by atoms with van der Waals surface area (Å²) < 4.78 is 19.2. The van der Waals surface area contributed by atoms with E-state index >= 15 is 0 Å². The molecule has 0 spiro atoms. The third-order valence-electron chi connectivity index (χ3n) is 3.68. The minimum absolute atomic E-state index is 0. The van der Waals surface area contributed by atoms with Gasteiger partial charge in [0.2, 0.25) is 0 Å². The van der Waals surface area contributed by atoms with Gasteiger partial charge >= 0.3 is 132 Å². The Labute approximate surface area is 138 Å². The van der Waals surface area contributed by atoms with E-state index in [0.717, 1.165) is 0 Å². The summed E-state index contributed by atoms with van der Waals surface area (Å²) in [5.41, 5.74) is 0. The molecule has 0 saturated heterocycles. The van der Waals surface area contributed by atoms with Gasteiger partial charge in [0.05, 0.1) is 0 Å². The molecular weight excluding hydrogens is 323 g/mol.